The minimum atomic E-state index is -0.103. The molecular weight excluding hydrogens is 310 g/mol. The summed E-state index contributed by atoms with van der Waals surface area (Å²) in [5.41, 5.74) is 3.51. The Morgan fingerprint density at radius 1 is 1.16 bits per heavy atom. The number of aliphatic hydroxyl groups is 1. The van der Waals surface area contributed by atoms with Crippen molar-refractivity contribution >= 4 is 5.71 Å². The van der Waals surface area contributed by atoms with E-state index in [1.165, 1.54) is 44.2 Å². The number of nitrogens with zero attached hydrogens (tertiary/aromatic N) is 1. The van der Waals surface area contributed by atoms with Crippen molar-refractivity contribution < 1.29 is 9.94 Å². The van der Waals surface area contributed by atoms with E-state index >= 15 is 0 Å². The van der Waals surface area contributed by atoms with Gasteiger partial charge in [-0.3, -0.25) is 0 Å². The molecule has 3 nitrogen and oxygen atoms in total. The molecule has 4 aliphatic carbocycles. The van der Waals surface area contributed by atoms with Crippen LogP contribution in [0.1, 0.15) is 72.1 Å². The second kappa shape index (κ2) is 6.11. The van der Waals surface area contributed by atoms with Crippen LogP contribution in [0, 0.1) is 34.5 Å². The third-order valence-corrected chi connectivity index (χ3v) is 8.82. The van der Waals surface area contributed by atoms with Crippen molar-refractivity contribution in [3.05, 3.63) is 11.6 Å². The molecule has 25 heavy (non-hydrogen) atoms. The van der Waals surface area contributed by atoms with E-state index in [-0.39, 0.29) is 6.10 Å². The van der Waals surface area contributed by atoms with Gasteiger partial charge in [0.25, 0.3) is 0 Å². The summed E-state index contributed by atoms with van der Waals surface area (Å²) in [7, 11) is 1.67. The van der Waals surface area contributed by atoms with Crippen LogP contribution in [-0.2, 0) is 4.84 Å². The van der Waals surface area contributed by atoms with Gasteiger partial charge in [-0.05, 0) is 86.9 Å². The number of rotatable bonds is 2. The van der Waals surface area contributed by atoms with Gasteiger partial charge in [-0.2, -0.15) is 0 Å². The normalized spacial score (nSPS) is 49.7. The Kier molecular flexibility index (Phi) is 4.30. The van der Waals surface area contributed by atoms with Gasteiger partial charge in [0.1, 0.15) is 7.11 Å². The van der Waals surface area contributed by atoms with Crippen LogP contribution in [0.15, 0.2) is 16.8 Å². The first kappa shape index (κ1) is 17.6. The average Bonchev–Trinajstić information content (AvgIpc) is 2.93. The van der Waals surface area contributed by atoms with E-state index in [1.54, 1.807) is 12.7 Å². The van der Waals surface area contributed by atoms with E-state index < -0.39 is 0 Å². The molecule has 1 N–H and O–H groups in total. The highest BCUT2D eigenvalue weighted by Crippen LogP contribution is 2.66. The van der Waals surface area contributed by atoms with Crippen molar-refractivity contribution in [2.75, 3.05) is 7.11 Å². The number of fused-ring (bicyclic) bond motifs is 5. The highest BCUT2D eigenvalue weighted by molar-refractivity contribution is 5.85. The summed E-state index contributed by atoms with van der Waals surface area (Å²) < 4.78 is 0. The third-order valence-electron chi connectivity index (χ3n) is 8.82. The average molecular weight is 346 g/mol. The van der Waals surface area contributed by atoms with Gasteiger partial charge < -0.3 is 9.94 Å². The van der Waals surface area contributed by atoms with Crippen molar-refractivity contribution in [1.82, 2.24) is 0 Å². The second-order valence-electron chi connectivity index (χ2n) is 9.75. The lowest BCUT2D eigenvalue weighted by Gasteiger charge is -2.58. The first-order valence-electron chi connectivity index (χ1n) is 10.4. The highest BCUT2D eigenvalue weighted by Gasteiger charge is 2.59. The molecule has 0 aromatic carbocycles. The van der Waals surface area contributed by atoms with E-state index in [2.05, 4.69) is 32.0 Å². The van der Waals surface area contributed by atoms with E-state index in [0.29, 0.717) is 16.7 Å². The number of aliphatic hydroxyl groups excluding tert-OH is 1. The SMILES string of the molecule is CON=C(C)[C@H]1CC[C@H]2[C@@H]3CC=C4C[C@@H](O)CC[C@]4(C)[C@H]3CC[C@]12C. The Morgan fingerprint density at radius 2 is 1.96 bits per heavy atom. The van der Waals surface area contributed by atoms with Crippen molar-refractivity contribution in [2.24, 2.45) is 39.7 Å². The fourth-order valence-corrected chi connectivity index (χ4v) is 7.54. The third kappa shape index (κ3) is 2.52. The van der Waals surface area contributed by atoms with Crippen LogP contribution in [0.3, 0.4) is 0 Å². The molecule has 0 spiro atoms. The smallest absolute Gasteiger partial charge is 0.106 e. The Labute approximate surface area is 152 Å². The summed E-state index contributed by atoms with van der Waals surface area (Å²) in [5, 5.41) is 14.4. The van der Waals surface area contributed by atoms with Crippen LogP contribution >= 0.6 is 0 Å². The molecule has 3 fully saturated rings. The molecule has 4 rings (SSSR count). The zero-order chi connectivity index (χ0) is 17.8. The quantitative estimate of drug-likeness (QED) is 0.437. The summed E-state index contributed by atoms with van der Waals surface area (Å²) in [6.07, 6.45) is 12.0. The summed E-state index contributed by atoms with van der Waals surface area (Å²) >= 11 is 0. The highest BCUT2D eigenvalue weighted by atomic mass is 16.6. The minimum absolute atomic E-state index is 0.103. The Morgan fingerprint density at radius 3 is 2.72 bits per heavy atom. The maximum Gasteiger partial charge on any atom is 0.106 e. The van der Waals surface area contributed by atoms with Gasteiger partial charge in [0.15, 0.2) is 0 Å². The maximum atomic E-state index is 10.1. The summed E-state index contributed by atoms with van der Waals surface area (Å²) in [4.78, 5) is 5.10. The topological polar surface area (TPSA) is 41.8 Å². The predicted molar refractivity (Wildman–Crippen MR) is 101 cm³/mol. The lowest BCUT2D eigenvalue weighted by Crippen LogP contribution is -2.50. The number of hydrogen-bond donors (Lipinski definition) is 1. The van der Waals surface area contributed by atoms with E-state index in [1.807, 2.05) is 0 Å². The lowest BCUT2D eigenvalue weighted by molar-refractivity contribution is -0.0426. The molecule has 0 bridgehead atoms. The van der Waals surface area contributed by atoms with E-state index in [0.717, 1.165) is 30.6 Å². The molecule has 0 radical (unpaired) electrons. The molecule has 0 unspecified atom stereocenters. The van der Waals surface area contributed by atoms with E-state index in [4.69, 9.17) is 4.84 Å². The molecule has 0 amide bonds. The predicted octanol–water partition coefficient (Wildman–Crippen LogP) is 4.95. The fourth-order valence-electron chi connectivity index (χ4n) is 7.54. The molecular formula is C22H35NO2. The summed E-state index contributed by atoms with van der Waals surface area (Å²) in [6, 6.07) is 0. The first-order chi connectivity index (χ1) is 11.9. The Balaban J connectivity index is 1.63. The van der Waals surface area contributed by atoms with Crippen molar-refractivity contribution in [1.29, 1.82) is 0 Å². The van der Waals surface area contributed by atoms with Gasteiger partial charge in [-0.25, -0.2) is 0 Å². The maximum absolute atomic E-state index is 10.1. The lowest BCUT2D eigenvalue weighted by atomic mass is 9.47. The summed E-state index contributed by atoms with van der Waals surface area (Å²) in [5.74, 6) is 3.05. The van der Waals surface area contributed by atoms with Crippen LogP contribution < -0.4 is 0 Å². The number of allylic oxidation sites excluding steroid dienone is 1. The molecule has 0 aliphatic heterocycles. The van der Waals surface area contributed by atoms with Crippen molar-refractivity contribution in [3.8, 4) is 0 Å². The van der Waals surface area contributed by atoms with Crippen molar-refractivity contribution in [2.45, 2.75) is 78.2 Å². The zero-order valence-electron chi connectivity index (χ0n) is 16.4. The van der Waals surface area contributed by atoms with Gasteiger partial charge in [-0.1, -0.05) is 30.7 Å². The fraction of sp³-hybridized carbons (Fsp3) is 0.864. The largest absolute Gasteiger partial charge is 0.399 e. The Bertz CT molecular complexity index is 597. The molecule has 140 valence electrons. The van der Waals surface area contributed by atoms with Gasteiger partial charge in [0.05, 0.1) is 11.8 Å². The van der Waals surface area contributed by atoms with Gasteiger partial charge >= 0.3 is 0 Å². The molecule has 7 atom stereocenters. The van der Waals surface area contributed by atoms with Gasteiger partial charge in [-0.15, -0.1) is 0 Å². The Hall–Kier alpha value is -0.830. The zero-order valence-corrected chi connectivity index (χ0v) is 16.4. The first-order valence-corrected chi connectivity index (χ1v) is 10.4. The van der Waals surface area contributed by atoms with Crippen LogP contribution in [0.4, 0.5) is 0 Å². The van der Waals surface area contributed by atoms with Gasteiger partial charge in [0.2, 0.25) is 0 Å². The summed E-state index contributed by atoms with van der Waals surface area (Å²) in [6.45, 7) is 7.21. The van der Waals surface area contributed by atoms with Crippen LogP contribution in [0.25, 0.3) is 0 Å². The monoisotopic (exact) mass is 345 g/mol. The van der Waals surface area contributed by atoms with Crippen molar-refractivity contribution in [3.63, 3.8) is 0 Å². The molecule has 0 heterocycles. The number of oxime groups is 1. The molecule has 0 aromatic rings. The molecule has 3 saturated carbocycles. The minimum Gasteiger partial charge on any atom is -0.399 e. The number of hydrogen-bond acceptors (Lipinski definition) is 3. The van der Waals surface area contributed by atoms with Crippen LogP contribution in [0.2, 0.25) is 0 Å². The van der Waals surface area contributed by atoms with Gasteiger partial charge in [0, 0.05) is 5.92 Å². The molecule has 4 aliphatic rings. The van der Waals surface area contributed by atoms with Crippen LogP contribution in [-0.4, -0.2) is 24.0 Å². The van der Waals surface area contributed by atoms with E-state index in [9.17, 15) is 5.11 Å². The molecule has 0 saturated heterocycles. The second-order valence-corrected chi connectivity index (χ2v) is 9.75. The van der Waals surface area contributed by atoms with Crippen LogP contribution in [0.5, 0.6) is 0 Å². The molecule has 3 heteroatoms. The standard InChI is InChI=1S/C22H35NO2/c1-14(23-25-4)18-7-8-19-17-6-5-15-13-16(24)9-11-21(15,2)20(17)10-12-22(18,19)3/h5,16-20,24H,6-13H2,1-4H3/t16-,17-,18+,19-,20-,21-,22+/m0/s1. The molecule has 0 aromatic heterocycles.